The zero-order chi connectivity index (χ0) is 15.5. The van der Waals surface area contributed by atoms with Crippen molar-refractivity contribution in [3.8, 4) is 0 Å². The van der Waals surface area contributed by atoms with Crippen molar-refractivity contribution < 1.29 is 4.79 Å². The SMILES string of the molecule is Cc1ncc(CN(C)CC(=O)N2CCc3ccccc3C2)s1. The number of fused-ring (bicyclic) bond motifs is 1. The maximum Gasteiger partial charge on any atom is 0.237 e. The van der Waals surface area contributed by atoms with Gasteiger partial charge in [-0.05, 0) is 31.5 Å². The standard InChI is InChI=1S/C17H21N3OS/c1-13-18-9-16(22-13)11-19(2)12-17(21)20-8-7-14-5-3-4-6-15(14)10-20/h3-6,9H,7-8,10-12H2,1-2H3. The Hall–Kier alpha value is -1.72. The number of carbonyl (C=O) groups is 1. The minimum absolute atomic E-state index is 0.207. The number of likely N-dealkylation sites (N-methyl/N-ethyl adjacent to an activating group) is 1. The predicted molar refractivity (Wildman–Crippen MR) is 88.7 cm³/mol. The molecule has 1 amide bonds. The molecule has 0 N–H and O–H groups in total. The fourth-order valence-electron chi connectivity index (χ4n) is 2.84. The molecule has 0 unspecified atom stereocenters. The minimum atomic E-state index is 0.207. The second-order valence-corrected chi connectivity index (χ2v) is 7.17. The Balaban J connectivity index is 1.56. The van der Waals surface area contributed by atoms with Crippen molar-refractivity contribution in [2.45, 2.75) is 26.4 Å². The lowest BCUT2D eigenvalue weighted by molar-refractivity contribution is -0.133. The molecule has 1 aromatic carbocycles. The third kappa shape index (κ3) is 3.54. The van der Waals surface area contributed by atoms with Crippen LogP contribution in [0.2, 0.25) is 0 Å². The van der Waals surface area contributed by atoms with E-state index >= 15 is 0 Å². The van der Waals surface area contributed by atoms with Gasteiger partial charge in [-0.1, -0.05) is 24.3 Å². The van der Waals surface area contributed by atoms with Crippen LogP contribution < -0.4 is 0 Å². The van der Waals surface area contributed by atoms with Crippen LogP contribution in [0.15, 0.2) is 30.5 Å². The Morgan fingerprint density at radius 3 is 2.86 bits per heavy atom. The topological polar surface area (TPSA) is 36.4 Å². The van der Waals surface area contributed by atoms with Crippen molar-refractivity contribution in [1.82, 2.24) is 14.8 Å². The van der Waals surface area contributed by atoms with Crippen LogP contribution in [0.5, 0.6) is 0 Å². The molecule has 0 fully saturated rings. The first kappa shape index (κ1) is 15.2. The van der Waals surface area contributed by atoms with Crippen LogP contribution >= 0.6 is 11.3 Å². The highest BCUT2D eigenvalue weighted by Gasteiger charge is 2.21. The second-order valence-electron chi connectivity index (χ2n) is 5.85. The molecule has 0 radical (unpaired) electrons. The molecule has 1 aliphatic rings. The van der Waals surface area contributed by atoms with Crippen LogP contribution in [0, 0.1) is 6.92 Å². The van der Waals surface area contributed by atoms with Gasteiger partial charge in [-0.15, -0.1) is 11.3 Å². The number of carbonyl (C=O) groups excluding carboxylic acids is 1. The summed E-state index contributed by atoms with van der Waals surface area (Å²) in [6.07, 6.45) is 2.86. The van der Waals surface area contributed by atoms with Crippen LogP contribution in [0.4, 0.5) is 0 Å². The van der Waals surface area contributed by atoms with E-state index < -0.39 is 0 Å². The van der Waals surface area contributed by atoms with Gasteiger partial charge in [0.1, 0.15) is 0 Å². The third-order valence-electron chi connectivity index (χ3n) is 3.98. The van der Waals surface area contributed by atoms with Gasteiger partial charge in [0.05, 0.1) is 11.6 Å². The molecule has 0 atom stereocenters. The van der Waals surface area contributed by atoms with Crippen LogP contribution in [0.25, 0.3) is 0 Å². The fraction of sp³-hybridized carbons (Fsp3) is 0.412. The molecule has 1 aromatic heterocycles. The molecule has 22 heavy (non-hydrogen) atoms. The molecule has 2 heterocycles. The van der Waals surface area contributed by atoms with Crippen molar-refractivity contribution in [2.75, 3.05) is 20.1 Å². The molecule has 0 saturated carbocycles. The molecule has 2 aromatic rings. The van der Waals surface area contributed by atoms with E-state index in [9.17, 15) is 4.79 Å². The van der Waals surface area contributed by atoms with Gasteiger partial charge in [0.15, 0.2) is 0 Å². The number of hydrogen-bond acceptors (Lipinski definition) is 4. The molecule has 0 bridgehead atoms. The maximum atomic E-state index is 12.5. The monoisotopic (exact) mass is 315 g/mol. The molecule has 116 valence electrons. The molecule has 3 rings (SSSR count). The van der Waals surface area contributed by atoms with E-state index in [0.29, 0.717) is 6.54 Å². The molecular formula is C17H21N3OS. The Kier molecular flexibility index (Phi) is 4.55. The van der Waals surface area contributed by atoms with E-state index in [2.05, 4.69) is 28.1 Å². The van der Waals surface area contributed by atoms with Gasteiger partial charge in [0.25, 0.3) is 0 Å². The molecule has 5 heteroatoms. The van der Waals surface area contributed by atoms with E-state index in [4.69, 9.17) is 0 Å². The summed E-state index contributed by atoms with van der Waals surface area (Å²) in [5.41, 5.74) is 2.66. The van der Waals surface area contributed by atoms with E-state index in [1.807, 2.05) is 31.1 Å². The number of aromatic nitrogens is 1. The average Bonchev–Trinajstić information content (AvgIpc) is 2.91. The fourth-order valence-corrected chi connectivity index (χ4v) is 3.72. The number of aryl methyl sites for hydroxylation is 1. The molecule has 0 saturated heterocycles. The van der Waals surface area contributed by atoms with Crippen LogP contribution in [-0.2, 0) is 24.3 Å². The Morgan fingerprint density at radius 2 is 2.14 bits per heavy atom. The third-order valence-corrected chi connectivity index (χ3v) is 4.88. The largest absolute Gasteiger partial charge is 0.337 e. The van der Waals surface area contributed by atoms with Gasteiger partial charge in [0, 0.05) is 30.7 Å². The number of benzene rings is 1. The van der Waals surface area contributed by atoms with E-state index in [1.165, 1.54) is 16.0 Å². The predicted octanol–water partition coefficient (Wildman–Crippen LogP) is 2.47. The van der Waals surface area contributed by atoms with E-state index in [1.54, 1.807) is 11.3 Å². The van der Waals surface area contributed by atoms with Crippen molar-refractivity contribution in [3.05, 3.63) is 51.5 Å². The Labute approximate surface area is 135 Å². The Morgan fingerprint density at radius 1 is 1.36 bits per heavy atom. The van der Waals surface area contributed by atoms with Gasteiger partial charge in [-0.2, -0.15) is 0 Å². The molecular weight excluding hydrogens is 294 g/mol. The first-order valence-corrected chi connectivity index (χ1v) is 8.38. The van der Waals surface area contributed by atoms with Gasteiger partial charge < -0.3 is 4.90 Å². The second kappa shape index (κ2) is 6.58. The summed E-state index contributed by atoms with van der Waals surface area (Å²) in [7, 11) is 1.99. The van der Waals surface area contributed by atoms with Crippen molar-refractivity contribution in [2.24, 2.45) is 0 Å². The van der Waals surface area contributed by atoms with E-state index in [0.717, 1.165) is 31.1 Å². The summed E-state index contributed by atoms with van der Waals surface area (Å²) in [6.45, 7) is 4.80. The lowest BCUT2D eigenvalue weighted by atomic mass is 10.00. The highest BCUT2D eigenvalue weighted by molar-refractivity contribution is 7.11. The molecule has 4 nitrogen and oxygen atoms in total. The summed E-state index contributed by atoms with van der Waals surface area (Å²) < 4.78 is 0. The number of thiazole rings is 1. The van der Waals surface area contributed by atoms with Crippen molar-refractivity contribution in [1.29, 1.82) is 0 Å². The molecule has 0 spiro atoms. The van der Waals surface area contributed by atoms with Crippen molar-refractivity contribution >= 4 is 17.2 Å². The highest BCUT2D eigenvalue weighted by Crippen LogP contribution is 2.19. The summed E-state index contributed by atoms with van der Waals surface area (Å²) in [5, 5.41) is 1.07. The summed E-state index contributed by atoms with van der Waals surface area (Å²) >= 11 is 1.69. The van der Waals surface area contributed by atoms with E-state index in [-0.39, 0.29) is 5.91 Å². The Bertz CT molecular complexity index is 667. The smallest absolute Gasteiger partial charge is 0.237 e. The number of amides is 1. The lowest BCUT2D eigenvalue weighted by Crippen LogP contribution is -2.41. The zero-order valence-corrected chi connectivity index (χ0v) is 13.9. The normalized spacial score (nSPS) is 14.2. The van der Waals surface area contributed by atoms with Gasteiger partial charge >= 0.3 is 0 Å². The zero-order valence-electron chi connectivity index (χ0n) is 13.1. The summed E-state index contributed by atoms with van der Waals surface area (Å²) in [5.74, 6) is 0.207. The minimum Gasteiger partial charge on any atom is -0.337 e. The maximum absolute atomic E-state index is 12.5. The summed E-state index contributed by atoms with van der Waals surface area (Å²) in [4.78, 5) is 22.0. The average molecular weight is 315 g/mol. The first-order chi connectivity index (χ1) is 10.6. The van der Waals surface area contributed by atoms with Crippen LogP contribution in [0.1, 0.15) is 21.0 Å². The lowest BCUT2D eigenvalue weighted by Gasteiger charge is -2.30. The highest BCUT2D eigenvalue weighted by atomic mass is 32.1. The van der Waals surface area contributed by atoms with Crippen LogP contribution in [-0.4, -0.2) is 40.8 Å². The summed E-state index contributed by atoms with van der Waals surface area (Å²) in [6, 6.07) is 8.40. The quantitative estimate of drug-likeness (QED) is 0.869. The van der Waals surface area contributed by atoms with Gasteiger partial charge in [-0.25, -0.2) is 4.98 Å². The molecule has 0 aliphatic carbocycles. The number of rotatable bonds is 4. The van der Waals surface area contributed by atoms with Crippen LogP contribution in [0.3, 0.4) is 0 Å². The number of nitrogens with zero attached hydrogens (tertiary/aromatic N) is 3. The molecule has 1 aliphatic heterocycles. The van der Waals surface area contributed by atoms with Gasteiger partial charge in [-0.3, -0.25) is 9.69 Å². The first-order valence-electron chi connectivity index (χ1n) is 7.56. The number of hydrogen-bond donors (Lipinski definition) is 0. The van der Waals surface area contributed by atoms with Crippen molar-refractivity contribution in [3.63, 3.8) is 0 Å². The van der Waals surface area contributed by atoms with Gasteiger partial charge in [0.2, 0.25) is 5.91 Å².